The quantitative estimate of drug-likeness (QED) is 0.566. The third-order valence-corrected chi connectivity index (χ3v) is 3.70. The Hall–Kier alpha value is -0.890. The highest BCUT2D eigenvalue weighted by molar-refractivity contribution is 14.1. The minimum Gasteiger partial charge on any atom is -0.465 e. The number of ether oxygens (including phenoxy) is 1. The molecule has 0 amide bonds. The van der Waals surface area contributed by atoms with Crippen LogP contribution in [0.2, 0.25) is 0 Å². The van der Waals surface area contributed by atoms with Crippen LogP contribution in [-0.4, -0.2) is 22.9 Å². The Bertz CT molecular complexity index is 583. The smallest absolute Gasteiger partial charge is 0.337 e. The van der Waals surface area contributed by atoms with Crippen molar-refractivity contribution in [3.63, 3.8) is 0 Å². The van der Waals surface area contributed by atoms with Gasteiger partial charge in [0.25, 0.3) is 0 Å². The van der Waals surface area contributed by atoms with Crippen molar-refractivity contribution in [1.29, 1.82) is 0 Å². The van der Waals surface area contributed by atoms with Crippen LogP contribution >= 0.6 is 38.5 Å². The summed E-state index contributed by atoms with van der Waals surface area (Å²) in [7, 11) is 1.37. The Morgan fingerprint density at radius 3 is 2.89 bits per heavy atom. The monoisotopic (exact) mass is 420 g/mol. The Morgan fingerprint density at radius 1 is 1.56 bits per heavy atom. The van der Waals surface area contributed by atoms with Crippen molar-refractivity contribution in [2.45, 2.75) is 6.54 Å². The van der Waals surface area contributed by atoms with Crippen molar-refractivity contribution in [1.82, 2.24) is 9.78 Å². The maximum absolute atomic E-state index is 11.4. The number of halogens is 2. The van der Waals surface area contributed by atoms with Crippen LogP contribution in [0, 0.1) is 3.57 Å². The number of methoxy groups -OCH3 is 1. The fourth-order valence-corrected chi connectivity index (χ4v) is 2.47. The first-order chi connectivity index (χ1) is 8.60. The molecule has 0 saturated carbocycles. The predicted octanol–water partition coefficient (Wildman–Crippen LogP) is 3.09. The second-order valence-corrected chi connectivity index (χ2v) is 5.75. The molecule has 0 bridgehead atoms. The van der Waals surface area contributed by atoms with Crippen LogP contribution in [0.25, 0.3) is 0 Å². The van der Waals surface area contributed by atoms with Crippen LogP contribution in [0.15, 0.2) is 35.1 Å². The van der Waals surface area contributed by atoms with Gasteiger partial charge in [-0.05, 0) is 40.3 Å². The standard InChI is InChI=1S/C12H10BrIN2O2/c1-18-12(17)8-2-3-9(11(13)4-8)6-16-7-10(14)5-15-16/h2-5,7H,6H2,1H3. The lowest BCUT2D eigenvalue weighted by Crippen LogP contribution is -2.04. The maximum atomic E-state index is 11.4. The summed E-state index contributed by atoms with van der Waals surface area (Å²) in [6.07, 6.45) is 3.76. The molecule has 0 aliphatic heterocycles. The summed E-state index contributed by atoms with van der Waals surface area (Å²) in [6.45, 7) is 0.658. The van der Waals surface area contributed by atoms with E-state index >= 15 is 0 Å². The molecule has 2 rings (SSSR count). The molecule has 2 aromatic rings. The number of carbonyl (C=O) groups excluding carboxylic acids is 1. The first-order valence-electron chi connectivity index (χ1n) is 5.15. The second-order valence-electron chi connectivity index (χ2n) is 3.65. The van der Waals surface area contributed by atoms with E-state index in [9.17, 15) is 4.79 Å². The van der Waals surface area contributed by atoms with E-state index in [-0.39, 0.29) is 5.97 Å². The van der Waals surface area contributed by atoms with Gasteiger partial charge in [0.1, 0.15) is 0 Å². The van der Waals surface area contributed by atoms with Crippen molar-refractivity contribution in [2.75, 3.05) is 7.11 Å². The van der Waals surface area contributed by atoms with Gasteiger partial charge in [-0.2, -0.15) is 5.10 Å². The second kappa shape index (κ2) is 5.83. The highest BCUT2D eigenvalue weighted by Crippen LogP contribution is 2.20. The zero-order valence-electron chi connectivity index (χ0n) is 9.56. The molecular formula is C12H10BrIN2O2. The van der Waals surface area contributed by atoms with E-state index in [2.05, 4.69) is 48.4 Å². The summed E-state index contributed by atoms with van der Waals surface area (Å²) >= 11 is 5.67. The number of hydrogen-bond acceptors (Lipinski definition) is 3. The van der Waals surface area contributed by atoms with Gasteiger partial charge in [-0.15, -0.1) is 0 Å². The fourth-order valence-electron chi connectivity index (χ4n) is 1.52. The van der Waals surface area contributed by atoms with Crippen molar-refractivity contribution >= 4 is 44.5 Å². The minimum absolute atomic E-state index is 0.337. The SMILES string of the molecule is COC(=O)c1ccc(Cn2cc(I)cn2)c(Br)c1. The number of carbonyl (C=O) groups is 1. The summed E-state index contributed by atoms with van der Waals surface area (Å²) in [5.41, 5.74) is 1.59. The number of nitrogens with zero attached hydrogens (tertiary/aromatic N) is 2. The van der Waals surface area contributed by atoms with Crippen LogP contribution in [0.3, 0.4) is 0 Å². The molecule has 0 unspecified atom stereocenters. The molecule has 0 aliphatic rings. The first kappa shape index (κ1) is 13.5. The van der Waals surface area contributed by atoms with Crippen LogP contribution in [0.5, 0.6) is 0 Å². The van der Waals surface area contributed by atoms with E-state index in [0.29, 0.717) is 12.1 Å². The summed E-state index contributed by atoms with van der Waals surface area (Å²) < 4.78 is 8.49. The number of rotatable bonds is 3. The topological polar surface area (TPSA) is 44.1 Å². The third-order valence-electron chi connectivity index (χ3n) is 2.41. The Morgan fingerprint density at radius 2 is 2.33 bits per heavy atom. The molecular weight excluding hydrogens is 411 g/mol. The molecule has 1 heterocycles. The molecule has 0 spiro atoms. The molecule has 4 nitrogen and oxygen atoms in total. The molecule has 0 aliphatic carbocycles. The average molecular weight is 421 g/mol. The average Bonchev–Trinajstić information content (AvgIpc) is 2.76. The minimum atomic E-state index is -0.337. The third kappa shape index (κ3) is 3.11. The lowest BCUT2D eigenvalue weighted by Gasteiger charge is -2.06. The van der Waals surface area contributed by atoms with Crippen LogP contribution in [-0.2, 0) is 11.3 Å². The van der Waals surface area contributed by atoms with E-state index in [1.54, 1.807) is 18.3 Å². The van der Waals surface area contributed by atoms with Crippen molar-refractivity contribution < 1.29 is 9.53 Å². The Kier molecular flexibility index (Phi) is 4.39. The Labute approximate surface area is 127 Å². The summed E-state index contributed by atoms with van der Waals surface area (Å²) in [4.78, 5) is 11.4. The number of esters is 1. The highest BCUT2D eigenvalue weighted by atomic mass is 127. The van der Waals surface area contributed by atoms with Gasteiger partial charge >= 0.3 is 5.97 Å². The van der Waals surface area contributed by atoms with Crippen LogP contribution < -0.4 is 0 Å². The van der Waals surface area contributed by atoms with Gasteiger partial charge < -0.3 is 4.74 Å². The van der Waals surface area contributed by atoms with Gasteiger partial charge in [-0.1, -0.05) is 22.0 Å². The highest BCUT2D eigenvalue weighted by Gasteiger charge is 2.09. The van der Waals surface area contributed by atoms with Gasteiger partial charge in [0.2, 0.25) is 0 Å². The summed E-state index contributed by atoms with van der Waals surface area (Å²) in [6, 6.07) is 5.40. The number of aromatic nitrogens is 2. The fraction of sp³-hybridized carbons (Fsp3) is 0.167. The summed E-state index contributed by atoms with van der Waals surface area (Å²) in [5, 5.41) is 4.22. The lowest BCUT2D eigenvalue weighted by atomic mass is 10.1. The zero-order chi connectivity index (χ0) is 13.1. The molecule has 1 aromatic heterocycles. The van der Waals surface area contributed by atoms with Gasteiger partial charge in [-0.3, -0.25) is 4.68 Å². The first-order valence-corrected chi connectivity index (χ1v) is 7.02. The molecule has 18 heavy (non-hydrogen) atoms. The molecule has 0 atom stereocenters. The van der Waals surface area contributed by atoms with E-state index in [0.717, 1.165) is 13.6 Å². The molecule has 0 N–H and O–H groups in total. The van der Waals surface area contributed by atoms with E-state index in [1.165, 1.54) is 7.11 Å². The van der Waals surface area contributed by atoms with Crippen LogP contribution in [0.4, 0.5) is 0 Å². The molecule has 0 radical (unpaired) electrons. The molecule has 6 heteroatoms. The maximum Gasteiger partial charge on any atom is 0.337 e. The van der Waals surface area contributed by atoms with Crippen molar-refractivity contribution in [3.8, 4) is 0 Å². The van der Waals surface area contributed by atoms with Crippen molar-refractivity contribution in [2.24, 2.45) is 0 Å². The summed E-state index contributed by atoms with van der Waals surface area (Å²) in [5.74, 6) is -0.337. The van der Waals surface area contributed by atoms with E-state index < -0.39 is 0 Å². The Balaban J connectivity index is 2.22. The predicted molar refractivity (Wildman–Crippen MR) is 79.5 cm³/mol. The van der Waals surface area contributed by atoms with Gasteiger partial charge in [0.05, 0.1) is 29.0 Å². The number of benzene rings is 1. The lowest BCUT2D eigenvalue weighted by molar-refractivity contribution is 0.0600. The van der Waals surface area contributed by atoms with E-state index in [1.807, 2.05) is 16.9 Å². The molecule has 94 valence electrons. The molecule has 0 fully saturated rings. The molecule has 0 saturated heterocycles. The molecule has 1 aromatic carbocycles. The van der Waals surface area contributed by atoms with Gasteiger partial charge in [0, 0.05) is 10.7 Å². The van der Waals surface area contributed by atoms with Gasteiger partial charge in [0.15, 0.2) is 0 Å². The van der Waals surface area contributed by atoms with Crippen molar-refractivity contribution in [3.05, 3.63) is 49.8 Å². The zero-order valence-corrected chi connectivity index (χ0v) is 13.3. The van der Waals surface area contributed by atoms with Crippen LogP contribution in [0.1, 0.15) is 15.9 Å². The largest absolute Gasteiger partial charge is 0.465 e. The van der Waals surface area contributed by atoms with Gasteiger partial charge in [-0.25, -0.2) is 4.79 Å². The van der Waals surface area contributed by atoms with E-state index in [4.69, 9.17) is 0 Å². The normalized spacial score (nSPS) is 10.4. The number of hydrogen-bond donors (Lipinski definition) is 0.